The first-order valence-electron chi connectivity index (χ1n) is 11.9. The summed E-state index contributed by atoms with van der Waals surface area (Å²) in [6.45, 7) is 6.73. The molecule has 2 aromatic carbocycles. The van der Waals surface area contributed by atoms with Crippen LogP contribution < -0.4 is 10.6 Å². The highest BCUT2D eigenvalue weighted by Crippen LogP contribution is 2.30. The van der Waals surface area contributed by atoms with Crippen LogP contribution in [0.1, 0.15) is 48.4 Å². The van der Waals surface area contributed by atoms with E-state index in [-0.39, 0.29) is 0 Å². The van der Waals surface area contributed by atoms with Crippen molar-refractivity contribution in [2.45, 2.75) is 57.2 Å². The summed E-state index contributed by atoms with van der Waals surface area (Å²) in [7, 11) is 0. The molecule has 0 spiro atoms. The first-order chi connectivity index (χ1) is 15.3. The average Bonchev–Trinajstić information content (AvgIpc) is 3.29. The van der Waals surface area contributed by atoms with Crippen molar-refractivity contribution in [2.75, 3.05) is 26.2 Å². The number of hydrogen-bond acceptors (Lipinski definition) is 5. The van der Waals surface area contributed by atoms with Crippen LogP contribution in [0, 0.1) is 0 Å². The molecule has 2 heterocycles. The summed E-state index contributed by atoms with van der Waals surface area (Å²) in [5.41, 5.74) is 4.83. The molecule has 0 saturated carbocycles. The third-order valence-electron chi connectivity index (χ3n) is 7.15. The maximum Gasteiger partial charge on any atom is 0.0797 e. The van der Waals surface area contributed by atoms with Gasteiger partial charge in [0.2, 0.25) is 0 Å². The lowest BCUT2D eigenvalue weighted by molar-refractivity contribution is 0.153. The highest BCUT2D eigenvalue weighted by Gasteiger charge is 2.27. The Hall–Kier alpha value is -1.79. The minimum atomic E-state index is 0.451. The molecule has 1 aliphatic heterocycles. The van der Waals surface area contributed by atoms with E-state index in [2.05, 4.69) is 69.9 Å². The Labute approximate surface area is 190 Å². The fourth-order valence-corrected chi connectivity index (χ4v) is 6.26. The molecular formula is C26H34N4S. The lowest BCUT2D eigenvalue weighted by atomic mass is 9.95. The van der Waals surface area contributed by atoms with Gasteiger partial charge in [-0.15, -0.1) is 11.3 Å². The quantitative estimate of drug-likeness (QED) is 0.572. The summed E-state index contributed by atoms with van der Waals surface area (Å²) in [5, 5.41) is 10.4. The topological polar surface area (TPSA) is 40.2 Å². The van der Waals surface area contributed by atoms with E-state index in [0.717, 1.165) is 39.0 Å². The zero-order chi connectivity index (χ0) is 21.0. The van der Waals surface area contributed by atoms with Crippen LogP contribution in [0.15, 0.2) is 48.0 Å². The van der Waals surface area contributed by atoms with E-state index in [0.29, 0.717) is 18.1 Å². The van der Waals surface area contributed by atoms with Gasteiger partial charge in [0.15, 0.2) is 0 Å². The second-order valence-corrected chi connectivity index (χ2v) is 9.99. The number of rotatable bonds is 7. The van der Waals surface area contributed by atoms with Gasteiger partial charge < -0.3 is 10.6 Å². The van der Waals surface area contributed by atoms with Crippen molar-refractivity contribution in [3.8, 4) is 0 Å². The van der Waals surface area contributed by atoms with Crippen LogP contribution in [0.5, 0.6) is 0 Å². The zero-order valence-electron chi connectivity index (χ0n) is 18.5. The lowest BCUT2D eigenvalue weighted by Gasteiger charge is -2.38. The van der Waals surface area contributed by atoms with E-state index in [9.17, 15) is 0 Å². The monoisotopic (exact) mass is 434 g/mol. The normalized spacial score (nSPS) is 23.0. The Balaban J connectivity index is 1.24. The molecule has 3 atom stereocenters. The van der Waals surface area contributed by atoms with Crippen LogP contribution in [-0.2, 0) is 12.8 Å². The first-order valence-corrected chi connectivity index (χ1v) is 12.8. The van der Waals surface area contributed by atoms with Gasteiger partial charge in [-0.1, -0.05) is 49.4 Å². The molecule has 5 rings (SSSR count). The maximum atomic E-state index is 4.52. The number of benzene rings is 2. The molecule has 3 unspecified atom stereocenters. The number of hydrogen-bond donors (Lipinski definition) is 2. The molecule has 0 bridgehead atoms. The van der Waals surface area contributed by atoms with Crippen LogP contribution >= 0.6 is 11.3 Å². The molecule has 1 aromatic heterocycles. The summed E-state index contributed by atoms with van der Waals surface area (Å²) in [4.78, 5) is 8.73. The molecule has 1 saturated heterocycles. The van der Waals surface area contributed by atoms with Crippen molar-refractivity contribution in [3.63, 3.8) is 0 Å². The van der Waals surface area contributed by atoms with Crippen LogP contribution in [0.4, 0.5) is 0 Å². The number of fused-ring (bicyclic) bond motifs is 2. The van der Waals surface area contributed by atoms with Gasteiger partial charge in [-0.25, -0.2) is 4.98 Å². The third-order valence-corrected chi connectivity index (χ3v) is 8.05. The van der Waals surface area contributed by atoms with Gasteiger partial charge in [0.05, 0.1) is 11.2 Å². The molecule has 164 valence electrons. The van der Waals surface area contributed by atoms with Crippen LogP contribution in [0.2, 0.25) is 0 Å². The molecule has 0 radical (unpaired) electrons. The predicted octanol–water partition coefficient (Wildman–Crippen LogP) is 4.56. The van der Waals surface area contributed by atoms with Crippen molar-refractivity contribution in [2.24, 2.45) is 0 Å². The molecule has 2 aliphatic rings. The van der Waals surface area contributed by atoms with E-state index in [1.807, 2.05) is 16.8 Å². The summed E-state index contributed by atoms with van der Waals surface area (Å²) in [6, 6.07) is 17.2. The minimum absolute atomic E-state index is 0.451. The van der Waals surface area contributed by atoms with E-state index in [1.54, 1.807) is 0 Å². The van der Waals surface area contributed by atoms with Crippen molar-refractivity contribution in [1.82, 2.24) is 20.5 Å². The first kappa shape index (κ1) is 21.1. The zero-order valence-corrected chi connectivity index (χ0v) is 19.3. The van der Waals surface area contributed by atoms with E-state index in [1.165, 1.54) is 46.2 Å². The van der Waals surface area contributed by atoms with Crippen molar-refractivity contribution < 1.29 is 0 Å². The minimum Gasteiger partial charge on any atom is -0.314 e. The Morgan fingerprint density at radius 2 is 2.13 bits per heavy atom. The summed E-state index contributed by atoms with van der Waals surface area (Å²) < 4.78 is 0. The molecule has 5 heteroatoms. The Bertz CT molecular complexity index is 994. The SMILES string of the molecule is CCC(CCN1CCNCC1c1cccc2ccccc12)NC1CCc2ncsc2C1. The number of aromatic nitrogens is 1. The fraction of sp³-hybridized carbons (Fsp3) is 0.500. The highest BCUT2D eigenvalue weighted by atomic mass is 32.1. The fourth-order valence-electron chi connectivity index (χ4n) is 5.36. The maximum absolute atomic E-state index is 4.52. The van der Waals surface area contributed by atoms with Gasteiger partial charge in [-0.05, 0) is 48.4 Å². The predicted molar refractivity (Wildman–Crippen MR) is 131 cm³/mol. The van der Waals surface area contributed by atoms with Crippen LogP contribution in [0.3, 0.4) is 0 Å². The number of piperazine rings is 1. The number of nitrogens with one attached hydrogen (secondary N) is 2. The highest BCUT2D eigenvalue weighted by molar-refractivity contribution is 7.09. The average molecular weight is 435 g/mol. The molecule has 31 heavy (non-hydrogen) atoms. The van der Waals surface area contributed by atoms with E-state index < -0.39 is 0 Å². The molecule has 0 amide bonds. The Kier molecular flexibility index (Phi) is 6.65. The second-order valence-electron chi connectivity index (χ2n) is 9.05. The van der Waals surface area contributed by atoms with Crippen molar-refractivity contribution in [1.29, 1.82) is 0 Å². The van der Waals surface area contributed by atoms with Crippen molar-refractivity contribution >= 4 is 22.1 Å². The summed E-state index contributed by atoms with van der Waals surface area (Å²) in [6.07, 6.45) is 5.91. The van der Waals surface area contributed by atoms with Gasteiger partial charge in [0.25, 0.3) is 0 Å². The molecule has 3 aromatic rings. The second kappa shape index (κ2) is 9.78. The summed E-state index contributed by atoms with van der Waals surface area (Å²) in [5.74, 6) is 0. The summed E-state index contributed by atoms with van der Waals surface area (Å²) >= 11 is 1.83. The van der Waals surface area contributed by atoms with Gasteiger partial charge in [0.1, 0.15) is 0 Å². The molecule has 2 N–H and O–H groups in total. The van der Waals surface area contributed by atoms with Gasteiger partial charge in [0, 0.05) is 49.2 Å². The van der Waals surface area contributed by atoms with E-state index >= 15 is 0 Å². The number of nitrogens with zero attached hydrogens (tertiary/aromatic N) is 2. The number of thiazole rings is 1. The number of aryl methyl sites for hydroxylation is 1. The van der Waals surface area contributed by atoms with Gasteiger partial charge in [-0.3, -0.25) is 4.90 Å². The van der Waals surface area contributed by atoms with Gasteiger partial charge >= 0.3 is 0 Å². The van der Waals surface area contributed by atoms with Gasteiger partial charge in [-0.2, -0.15) is 0 Å². The van der Waals surface area contributed by atoms with E-state index in [4.69, 9.17) is 0 Å². The smallest absolute Gasteiger partial charge is 0.0797 e. The molecule has 1 fully saturated rings. The standard InChI is InChI=1S/C26H34N4S/c1-2-20(29-21-10-11-24-26(16-21)31-18-28-24)12-14-30-15-13-27-17-25(30)23-9-5-7-19-6-3-4-8-22(19)23/h3-9,18,20-21,25,27,29H,2,10-17H2,1H3. The third kappa shape index (κ3) is 4.70. The molecule has 4 nitrogen and oxygen atoms in total. The Morgan fingerprint density at radius 3 is 3.06 bits per heavy atom. The molecule has 1 aliphatic carbocycles. The molecular weight excluding hydrogens is 400 g/mol. The van der Waals surface area contributed by atoms with Crippen LogP contribution in [-0.4, -0.2) is 48.1 Å². The Morgan fingerprint density at radius 1 is 1.23 bits per heavy atom. The van der Waals surface area contributed by atoms with Crippen LogP contribution in [0.25, 0.3) is 10.8 Å². The lowest BCUT2D eigenvalue weighted by Crippen LogP contribution is -2.48. The van der Waals surface area contributed by atoms with Crippen molar-refractivity contribution in [3.05, 3.63) is 64.1 Å². The largest absolute Gasteiger partial charge is 0.314 e.